The summed E-state index contributed by atoms with van der Waals surface area (Å²) in [5.74, 6) is 0.820. The quantitative estimate of drug-likeness (QED) is 0.690. The third-order valence-electron chi connectivity index (χ3n) is 3.35. The molecule has 0 aromatic rings. The van der Waals surface area contributed by atoms with Crippen LogP contribution in [-0.4, -0.2) is 11.2 Å². The van der Waals surface area contributed by atoms with E-state index in [4.69, 9.17) is 0 Å². The fourth-order valence-electron chi connectivity index (χ4n) is 2.46. The predicted molar refractivity (Wildman–Crippen MR) is 52.0 cm³/mol. The summed E-state index contributed by atoms with van der Waals surface area (Å²) in [6, 6.07) is 0. The lowest BCUT2D eigenvalue weighted by Gasteiger charge is -2.26. The van der Waals surface area contributed by atoms with Crippen LogP contribution >= 0.6 is 0 Å². The molecule has 0 aliphatic heterocycles. The molecule has 0 spiro atoms. The van der Waals surface area contributed by atoms with Crippen LogP contribution in [0.5, 0.6) is 0 Å². The summed E-state index contributed by atoms with van der Waals surface area (Å²) < 4.78 is 0. The molecule has 1 saturated carbocycles. The Hall–Kier alpha value is -0.0400. The van der Waals surface area contributed by atoms with Crippen molar-refractivity contribution in [3.8, 4) is 0 Å². The average molecular weight is 170 g/mol. The van der Waals surface area contributed by atoms with E-state index in [0.29, 0.717) is 5.41 Å². The molecule has 0 bridgehead atoms. The Balaban J connectivity index is 2.39. The van der Waals surface area contributed by atoms with Gasteiger partial charge in [0.05, 0.1) is 6.10 Å². The third-order valence-corrected chi connectivity index (χ3v) is 3.35. The molecule has 0 amide bonds. The van der Waals surface area contributed by atoms with Crippen molar-refractivity contribution in [3.63, 3.8) is 0 Å². The van der Waals surface area contributed by atoms with Crippen LogP contribution in [0.15, 0.2) is 0 Å². The second kappa shape index (κ2) is 3.78. The van der Waals surface area contributed by atoms with Gasteiger partial charge in [0.15, 0.2) is 0 Å². The van der Waals surface area contributed by atoms with E-state index in [2.05, 4.69) is 20.8 Å². The Kier molecular flexibility index (Phi) is 3.16. The van der Waals surface area contributed by atoms with Crippen molar-refractivity contribution < 1.29 is 5.11 Å². The van der Waals surface area contributed by atoms with Gasteiger partial charge in [0, 0.05) is 0 Å². The minimum absolute atomic E-state index is 0.0148. The van der Waals surface area contributed by atoms with Crippen LogP contribution in [0.25, 0.3) is 0 Å². The van der Waals surface area contributed by atoms with E-state index in [0.717, 1.165) is 18.8 Å². The molecule has 3 atom stereocenters. The van der Waals surface area contributed by atoms with Gasteiger partial charge in [-0.2, -0.15) is 0 Å². The van der Waals surface area contributed by atoms with Crippen molar-refractivity contribution in [1.82, 2.24) is 0 Å². The summed E-state index contributed by atoms with van der Waals surface area (Å²) in [4.78, 5) is 0. The predicted octanol–water partition coefficient (Wildman–Crippen LogP) is 2.97. The van der Waals surface area contributed by atoms with Gasteiger partial charge in [-0.05, 0) is 37.0 Å². The van der Waals surface area contributed by atoms with Crippen molar-refractivity contribution in [3.05, 3.63) is 0 Å². The molecular formula is C11H22O. The van der Waals surface area contributed by atoms with Gasteiger partial charge < -0.3 is 5.11 Å². The second-order valence-electron chi connectivity index (χ2n) is 4.92. The molecule has 3 unspecified atom stereocenters. The molecule has 1 heteroatoms. The van der Waals surface area contributed by atoms with E-state index >= 15 is 0 Å². The van der Waals surface area contributed by atoms with Crippen LogP contribution in [0.3, 0.4) is 0 Å². The molecule has 0 aromatic heterocycles. The summed E-state index contributed by atoms with van der Waals surface area (Å²) in [5.41, 5.74) is 0.439. The first-order valence-corrected chi connectivity index (χ1v) is 5.24. The largest absolute Gasteiger partial charge is 0.393 e. The highest BCUT2D eigenvalue weighted by Crippen LogP contribution is 2.43. The molecule has 0 aromatic carbocycles. The second-order valence-corrected chi connectivity index (χ2v) is 4.92. The molecule has 0 radical (unpaired) electrons. The Morgan fingerprint density at radius 2 is 2.25 bits per heavy atom. The van der Waals surface area contributed by atoms with Crippen LogP contribution in [0, 0.1) is 11.3 Å². The lowest BCUT2D eigenvalue weighted by atomic mass is 9.79. The zero-order valence-corrected chi connectivity index (χ0v) is 8.64. The van der Waals surface area contributed by atoms with Gasteiger partial charge in [-0.25, -0.2) is 0 Å². The lowest BCUT2D eigenvalue weighted by molar-refractivity contribution is 0.153. The maximum absolute atomic E-state index is 9.45. The summed E-state index contributed by atoms with van der Waals surface area (Å²) in [7, 11) is 0. The molecular weight excluding hydrogens is 148 g/mol. The summed E-state index contributed by atoms with van der Waals surface area (Å²) in [6.07, 6.45) is 5.81. The van der Waals surface area contributed by atoms with Gasteiger partial charge in [-0.15, -0.1) is 0 Å². The standard InChI is InChI=1S/C11H22O/c1-4-9(2)7-11(3)6-5-10(12)8-11/h9-10,12H,4-8H2,1-3H3. The molecule has 1 rings (SSSR count). The van der Waals surface area contributed by atoms with Crippen molar-refractivity contribution in [2.75, 3.05) is 0 Å². The van der Waals surface area contributed by atoms with Crippen LogP contribution in [0.1, 0.15) is 52.9 Å². The Bertz CT molecular complexity index is 144. The van der Waals surface area contributed by atoms with E-state index in [1.165, 1.54) is 19.3 Å². The minimum Gasteiger partial charge on any atom is -0.393 e. The number of hydrogen-bond acceptors (Lipinski definition) is 1. The lowest BCUT2D eigenvalue weighted by Crippen LogP contribution is -2.16. The van der Waals surface area contributed by atoms with Crippen LogP contribution in [0.4, 0.5) is 0 Å². The summed E-state index contributed by atoms with van der Waals surface area (Å²) in [5, 5.41) is 9.45. The fraction of sp³-hybridized carbons (Fsp3) is 1.00. The molecule has 72 valence electrons. The molecule has 12 heavy (non-hydrogen) atoms. The van der Waals surface area contributed by atoms with Crippen LogP contribution < -0.4 is 0 Å². The van der Waals surface area contributed by atoms with Gasteiger partial charge in [0.25, 0.3) is 0 Å². The molecule has 1 aliphatic carbocycles. The van der Waals surface area contributed by atoms with Gasteiger partial charge in [-0.1, -0.05) is 27.2 Å². The first-order chi connectivity index (χ1) is 5.56. The number of hydrogen-bond donors (Lipinski definition) is 1. The number of aliphatic hydroxyl groups is 1. The van der Waals surface area contributed by atoms with Crippen molar-refractivity contribution in [2.45, 2.75) is 59.0 Å². The molecule has 1 aliphatic rings. The van der Waals surface area contributed by atoms with Gasteiger partial charge in [-0.3, -0.25) is 0 Å². The first kappa shape index (κ1) is 10.0. The van der Waals surface area contributed by atoms with E-state index in [1.807, 2.05) is 0 Å². The Morgan fingerprint density at radius 3 is 2.67 bits per heavy atom. The van der Waals surface area contributed by atoms with Crippen molar-refractivity contribution >= 4 is 0 Å². The molecule has 1 nitrogen and oxygen atoms in total. The average Bonchev–Trinajstić information content (AvgIpc) is 2.30. The maximum Gasteiger partial charge on any atom is 0.0545 e. The highest BCUT2D eigenvalue weighted by molar-refractivity contribution is 4.86. The zero-order valence-electron chi connectivity index (χ0n) is 8.64. The Morgan fingerprint density at radius 1 is 1.58 bits per heavy atom. The van der Waals surface area contributed by atoms with Crippen LogP contribution in [-0.2, 0) is 0 Å². The first-order valence-electron chi connectivity index (χ1n) is 5.24. The van der Waals surface area contributed by atoms with Gasteiger partial charge in [0.2, 0.25) is 0 Å². The highest BCUT2D eigenvalue weighted by atomic mass is 16.3. The summed E-state index contributed by atoms with van der Waals surface area (Å²) in [6.45, 7) is 6.89. The van der Waals surface area contributed by atoms with Gasteiger partial charge >= 0.3 is 0 Å². The van der Waals surface area contributed by atoms with E-state index in [-0.39, 0.29) is 6.10 Å². The van der Waals surface area contributed by atoms with Crippen molar-refractivity contribution in [2.24, 2.45) is 11.3 Å². The molecule has 1 N–H and O–H groups in total. The topological polar surface area (TPSA) is 20.2 Å². The van der Waals surface area contributed by atoms with Gasteiger partial charge in [0.1, 0.15) is 0 Å². The smallest absolute Gasteiger partial charge is 0.0545 e. The normalized spacial score (nSPS) is 38.5. The van der Waals surface area contributed by atoms with E-state index < -0.39 is 0 Å². The molecule has 0 heterocycles. The summed E-state index contributed by atoms with van der Waals surface area (Å²) >= 11 is 0. The van der Waals surface area contributed by atoms with E-state index in [9.17, 15) is 5.11 Å². The third kappa shape index (κ3) is 2.48. The highest BCUT2D eigenvalue weighted by Gasteiger charge is 2.34. The van der Waals surface area contributed by atoms with Crippen LogP contribution in [0.2, 0.25) is 0 Å². The molecule has 0 saturated heterocycles. The maximum atomic E-state index is 9.45. The zero-order chi connectivity index (χ0) is 9.19. The number of aliphatic hydroxyl groups excluding tert-OH is 1. The SMILES string of the molecule is CCC(C)CC1(C)CCC(O)C1. The minimum atomic E-state index is -0.0148. The number of rotatable bonds is 3. The Labute approximate surface area is 76.2 Å². The fourth-order valence-corrected chi connectivity index (χ4v) is 2.46. The molecule has 1 fully saturated rings. The van der Waals surface area contributed by atoms with E-state index in [1.54, 1.807) is 0 Å². The monoisotopic (exact) mass is 170 g/mol. The van der Waals surface area contributed by atoms with Crippen molar-refractivity contribution in [1.29, 1.82) is 0 Å².